The Kier molecular flexibility index (Phi) is 9.30. The minimum atomic E-state index is 0.435. The second kappa shape index (κ2) is 11.5. The van der Waals surface area contributed by atoms with Crippen LogP contribution in [-0.2, 0) is 13.2 Å². The van der Waals surface area contributed by atoms with E-state index in [9.17, 15) is 0 Å². The summed E-state index contributed by atoms with van der Waals surface area (Å²) >= 11 is 9.64. The fourth-order valence-electron chi connectivity index (χ4n) is 2.71. The maximum absolute atomic E-state index is 6.03. The SMILES string of the molecule is CCCCCCNCc1cc(Br)c(OCc2cccc(Cl)c2)c(OC)c1. The first-order valence-corrected chi connectivity index (χ1v) is 10.3. The van der Waals surface area contributed by atoms with Crippen LogP contribution in [0.1, 0.15) is 43.7 Å². The predicted octanol–water partition coefficient (Wildman–Crippen LogP) is 6.36. The molecule has 0 aliphatic carbocycles. The minimum Gasteiger partial charge on any atom is -0.493 e. The Morgan fingerprint density at radius 2 is 1.92 bits per heavy atom. The maximum Gasteiger partial charge on any atom is 0.175 e. The zero-order valence-corrected chi connectivity index (χ0v) is 17.8. The zero-order valence-electron chi connectivity index (χ0n) is 15.5. The van der Waals surface area contributed by atoms with E-state index in [0.717, 1.165) is 28.9 Å². The molecule has 0 unspecified atom stereocenters. The van der Waals surface area contributed by atoms with Crippen molar-refractivity contribution in [1.82, 2.24) is 5.32 Å². The van der Waals surface area contributed by atoms with Gasteiger partial charge in [0, 0.05) is 11.6 Å². The van der Waals surface area contributed by atoms with Crippen molar-refractivity contribution >= 4 is 27.5 Å². The molecule has 5 heteroatoms. The molecule has 0 bridgehead atoms. The van der Waals surface area contributed by atoms with E-state index in [1.165, 1.54) is 31.2 Å². The van der Waals surface area contributed by atoms with Gasteiger partial charge in [-0.2, -0.15) is 0 Å². The van der Waals surface area contributed by atoms with E-state index >= 15 is 0 Å². The van der Waals surface area contributed by atoms with Gasteiger partial charge in [0.2, 0.25) is 0 Å². The van der Waals surface area contributed by atoms with Crippen molar-refractivity contribution in [3.05, 3.63) is 57.0 Å². The molecule has 2 aromatic carbocycles. The maximum atomic E-state index is 6.03. The van der Waals surface area contributed by atoms with E-state index in [1.807, 2.05) is 30.3 Å². The van der Waals surface area contributed by atoms with E-state index in [1.54, 1.807) is 7.11 Å². The quantitative estimate of drug-likeness (QED) is 0.412. The molecule has 0 fully saturated rings. The van der Waals surface area contributed by atoms with Crippen LogP contribution < -0.4 is 14.8 Å². The highest BCUT2D eigenvalue weighted by Gasteiger charge is 2.12. The minimum absolute atomic E-state index is 0.435. The van der Waals surface area contributed by atoms with Gasteiger partial charge >= 0.3 is 0 Å². The van der Waals surface area contributed by atoms with Crippen molar-refractivity contribution in [1.29, 1.82) is 0 Å². The average Bonchev–Trinajstić information content (AvgIpc) is 2.63. The predicted molar refractivity (Wildman–Crippen MR) is 112 cm³/mol. The molecule has 0 spiro atoms. The molecule has 0 atom stereocenters. The van der Waals surface area contributed by atoms with Crippen LogP contribution in [0, 0.1) is 0 Å². The van der Waals surface area contributed by atoms with Crippen molar-refractivity contribution in [3.63, 3.8) is 0 Å². The monoisotopic (exact) mass is 439 g/mol. The molecular formula is C21H27BrClNO2. The van der Waals surface area contributed by atoms with Gasteiger partial charge in [-0.3, -0.25) is 0 Å². The van der Waals surface area contributed by atoms with Crippen LogP contribution >= 0.6 is 27.5 Å². The molecule has 2 aromatic rings. The number of benzene rings is 2. The molecule has 0 aliphatic heterocycles. The number of rotatable bonds is 11. The van der Waals surface area contributed by atoms with Crippen LogP contribution in [0.25, 0.3) is 0 Å². The van der Waals surface area contributed by atoms with Crippen molar-refractivity contribution < 1.29 is 9.47 Å². The van der Waals surface area contributed by atoms with E-state index in [4.69, 9.17) is 21.1 Å². The molecular weight excluding hydrogens is 414 g/mol. The summed E-state index contributed by atoms with van der Waals surface area (Å²) in [6.07, 6.45) is 5.07. The normalized spacial score (nSPS) is 10.8. The largest absolute Gasteiger partial charge is 0.493 e. The molecule has 26 heavy (non-hydrogen) atoms. The van der Waals surface area contributed by atoms with Gasteiger partial charge in [0.15, 0.2) is 11.5 Å². The first-order valence-electron chi connectivity index (χ1n) is 9.08. The van der Waals surface area contributed by atoms with Crippen molar-refractivity contribution in [2.75, 3.05) is 13.7 Å². The highest BCUT2D eigenvalue weighted by atomic mass is 79.9. The summed E-state index contributed by atoms with van der Waals surface area (Å²) in [6, 6.07) is 11.8. The smallest absolute Gasteiger partial charge is 0.175 e. The van der Waals surface area contributed by atoms with Crippen molar-refractivity contribution in [2.45, 2.75) is 45.8 Å². The number of unbranched alkanes of at least 4 members (excludes halogenated alkanes) is 3. The van der Waals surface area contributed by atoms with Gasteiger partial charge in [-0.05, 0) is 64.3 Å². The number of hydrogen-bond acceptors (Lipinski definition) is 3. The van der Waals surface area contributed by atoms with Crippen LogP contribution in [0.3, 0.4) is 0 Å². The fourth-order valence-corrected chi connectivity index (χ4v) is 3.52. The average molecular weight is 441 g/mol. The summed E-state index contributed by atoms with van der Waals surface area (Å²) in [7, 11) is 1.66. The summed E-state index contributed by atoms with van der Waals surface area (Å²) in [5, 5.41) is 4.20. The van der Waals surface area contributed by atoms with Gasteiger partial charge in [0.05, 0.1) is 11.6 Å². The van der Waals surface area contributed by atoms with Gasteiger partial charge in [0.25, 0.3) is 0 Å². The molecule has 0 saturated heterocycles. The lowest BCUT2D eigenvalue weighted by Crippen LogP contribution is -2.14. The van der Waals surface area contributed by atoms with Gasteiger partial charge in [0.1, 0.15) is 6.61 Å². The van der Waals surface area contributed by atoms with Gasteiger partial charge in [-0.15, -0.1) is 0 Å². The molecule has 1 N–H and O–H groups in total. The third kappa shape index (κ3) is 6.82. The highest BCUT2D eigenvalue weighted by molar-refractivity contribution is 9.10. The molecule has 0 radical (unpaired) electrons. The molecule has 0 heterocycles. The zero-order chi connectivity index (χ0) is 18.8. The number of methoxy groups -OCH3 is 1. The lowest BCUT2D eigenvalue weighted by molar-refractivity contribution is 0.282. The Balaban J connectivity index is 1.95. The molecule has 3 nitrogen and oxygen atoms in total. The topological polar surface area (TPSA) is 30.5 Å². The van der Waals surface area contributed by atoms with Gasteiger partial charge < -0.3 is 14.8 Å². The first kappa shape index (κ1) is 21.1. The Morgan fingerprint density at radius 3 is 2.65 bits per heavy atom. The highest BCUT2D eigenvalue weighted by Crippen LogP contribution is 2.37. The molecule has 0 aliphatic rings. The number of nitrogens with one attached hydrogen (secondary N) is 1. The third-order valence-electron chi connectivity index (χ3n) is 4.10. The van der Waals surface area contributed by atoms with E-state index in [2.05, 4.69) is 34.2 Å². The molecule has 0 aromatic heterocycles. The molecule has 142 valence electrons. The van der Waals surface area contributed by atoms with E-state index in [-0.39, 0.29) is 0 Å². The number of ether oxygens (including phenoxy) is 2. The molecule has 2 rings (SSSR count). The fraction of sp³-hybridized carbons (Fsp3) is 0.429. The van der Waals surface area contributed by atoms with Gasteiger partial charge in [-0.1, -0.05) is 49.9 Å². The molecule has 0 saturated carbocycles. The van der Waals surface area contributed by atoms with Crippen LogP contribution in [0.2, 0.25) is 5.02 Å². The summed E-state index contributed by atoms with van der Waals surface area (Å²) in [6.45, 7) is 4.51. The Labute approximate surface area is 170 Å². The van der Waals surface area contributed by atoms with Crippen LogP contribution in [-0.4, -0.2) is 13.7 Å². The lowest BCUT2D eigenvalue weighted by atomic mass is 10.2. The van der Waals surface area contributed by atoms with Crippen LogP contribution in [0.15, 0.2) is 40.9 Å². The van der Waals surface area contributed by atoms with Crippen LogP contribution in [0.4, 0.5) is 0 Å². The molecule has 0 amide bonds. The first-order chi connectivity index (χ1) is 12.6. The second-order valence-corrected chi connectivity index (χ2v) is 7.56. The summed E-state index contributed by atoms with van der Waals surface area (Å²) in [4.78, 5) is 0. The lowest BCUT2D eigenvalue weighted by Gasteiger charge is -2.15. The Morgan fingerprint density at radius 1 is 1.08 bits per heavy atom. The standard InChI is InChI=1S/C21H27BrClNO2/c1-3-4-5-6-10-24-14-17-12-19(22)21(20(13-17)25-2)26-15-16-8-7-9-18(23)11-16/h7-9,11-13,24H,3-6,10,14-15H2,1-2H3. The summed E-state index contributed by atoms with van der Waals surface area (Å²) in [5.41, 5.74) is 2.18. The van der Waals surface area contributed by atoms with E-state index in [0.29, 0.717) is 17.4 Å². The van der Waals surface area contributed by atoms with Crippen molar-refractivity contribution in [2.24, 2.45) is 0 Å². The second-order valence-electron chi connectivity index (χ2n) is 6.27. The Hall–Kier alpha value is -1.23. The van der Waals surface area contributed by atoms with E-state index < -0.39 is 0 Å². The summed E-state index contributed by atoms with van der Waals surface area (Å²) < 4.78 is 12.4. The van der Waals surface area contributed by atoms with Crippen LogP contribution in [0.5, 0.6) is 11.5 Å². The Bertz CT molecular complexity index is 694. The number of hydrogen-bond donors (Lipinski definition) is 1. The van der Waals surface area contributed by atoms with Crippen molar-refractivity contribution in [3.8, 4) is 11.5 Å². The number of halogens is 2. The summed E-state index contributed by atoms with van der Waals surface area (Å²) in [5.74, 6) is 1.43. The third-order valence-corrected chi connectivity index (χ3v) is 4.92. The van der Waals surface area contributed by atoms with Gasteiger partial charge in [-0.25, -0.2) is 0 Å².